The van der Waals surface area contributed by atoms with Crippen molar-refractivity contribution in [3.63, 3.8) is 0 Å². The lowest BCUT2D eigenvalue weighted by Gasteiger charge is -2.30. The third-order valence-electron chi connectivity index (χ3n) is 20.6. The molecule has 17 rings (SSSR count). The molecule has 0 radical (unpaired) electrons. The molecule has 0 aliphatic heterocycles. The molecule has 0 spiro atoms. The van der Waals surface area contributed by atoms with Crippen LogP contribution in [0.25, 0.3) is 174 Å². The van der Waals surface area contributed by atoms with Crippen molar-refractivity contribution in [1.29, 1.82) is 0 Å². The van der Waals surface area contributed by atoms with E-state index in [2.05, 4.69) is 270 Å². The molecule has 0 heterocycles. The first kappa shape index (κ1) is 54.7. The summed E-state index contributed by atoms with van der Waals surface area (Å²) < 4.78 is 0. The van der Waals surface area contributed by atoms with Gasteiger partial charge in [-0.15, -0.1) is 0 Å². The first-order valence-electron chi connectivity index (χ1n) is 32.5. The van der Waals surface area contributed by atoms with Crippen LogP contribution in [0.1, 0.15) is 119 Å². The van der Waals surface area contributed by atoms with Gasteiger partial charge in [-0.05, 0) is 416 Å². The average Bonchev–Trinajstić information content (AvgIpc) is 0.643. The summed E-state index contributed by atoms with van der Waals surface area (Å²) in [5, 5.41) is 31.8. The molecule has 0 N–H and O–H groups in total. The van der Waals surface area contributed by atoms with Crippen molar-refractivity contribution in [3.05, 3.63) is 199 Å². The summed E-state index contributed by atoms with van der Waals surface area (Å²) in [7, 11) is 0. The number of aryl methyl sites for hydroxylation is 12. The van der Waals surface area contributed by atoms with Crippen LogP contribution in [-0.4, -0.2) is 0 Å². The predicted molar refractivity (Wildman–Crippen MR) is 395 cm³/mol. The summed E-state index contributed by atoms with van der Waals surface area (Å²) in [6.07, 6.45) is 0. The second-order valence-electron chi connectivity index (χ2n) is 30.0. The van der Waals surface area contributed by atoms with Crippen LogP contribution in [0.15, 0.2) is 121 Å². The van der Waals surface area contributed by atoms with E-state index >= 15 is 0 Å². The summed E-state index contributed by atoms with van der Waals surface area (Å²) in [6.45, 7) is 40.9. The molecule has 17 aromatic rings. The number of rotatable bonds is 4. The van der Waals surface area contributed by atoms with Crippen LogP contribution in [0.3, 0.4) is 0 Å². The Morgan fingerprint density at radius 3 is 0.511 bits per heavy atom. The van der Waals surface area contributed by atoms with Crippen molar-refractivity contribution in [1.82, 2.24) is 0 Å². The zero-order valence-corrected chi connectivity index (χ0v) is 55.5. The Bertz CT molecular complexity index is 5730. The molecular weight excluding hydrogens is 1080 g/mol. The highest BCUT2D eigenvalue weighted by molar-refractivity contribution is 6.61. The van der Waals surface area contributed by atoms with Crippen LogP contribution >= 0.6 is 0 Å². The highest BCUT2D eigenvalue weighted by Crippen LogP contribution is 2.62. The van der Waals surface area contributed by atoms with Gasteiger partial charge in [0.15, 0.2) is 0 Å². The van der Waals surface area contributed by atoms with E-state index in [0.29, 0.717) is 0 Å². The lowest BCUT2D eigenvalue weighted by molar-refractivity contribution is 0.570. The maximum atomic E-state index is 3.83. The Kier molecular flexibility index (Phi) is 11.0. The number of benzene rings is 17. The zero-order valence-electron chi connectivity index (χ0n) is 55.5. The van der Waals surface area contributed by atoms with E-state index in [4.69, 9.17) is 0 Å². The van der Waals surface area contributed by atoms with Crippen molar-refractivity contribution in [3.8, 4) is 68.2 Å². The summed E-state index contributed by atoms with van der Waals surface area (Å²) in [6, 6.07) is 49.8. The van der Waals surface area contributed by atoms with Crippen molar-refractivity contribution >= 4 is 129 Å². The molecule has 0 saturated heterocycles. The maximum absolute atomic E-state index is 3.83. The van der Waals surface area contributed by atoms with Crippen molar-refractivity contribution in [2.45, 2.75) is 125 Å². The van der Waals surface area contributed by atoms with Gasteiger partial charge in [0.1, 0.15) is 0 Å². The van der Waals surface area contributed by atoms with Gasteiger partial charge in [0.25, 0.3) is 0 Å². The number of fused-ring (bicyclic) bond motifs is 6. The smallest absolute Gasteiger partial charge is 0.0258 e. The number of hydrogen-bond donors (Lipinski definition) is 0. The molecule has 0 aromatic heterocycles. The molecule has 0 atom stereocenters. The molecule has 90 heavy (non-hydrogen) atoms. The lowest BCUT2D eigenvalue weighted by Crippen LogP contribution is -2.03. The van der Waals surface area contributed by atoms with Crippen molar-refractivity contribution in [2.75, 3.05) is 0 Å². The van der Waals surface area contributed by atoms with Gasteiger partial charge >= 0.3 is 0 Å². The van der Waals surface area contributed by atoms with Gasteiger partial charge in [-0.25, -0.2) is 0 Å². The van der Waals surface area contributed by atoms with Crippen LogP contribution in [0.2, 0.25) is 0 Å². The number of hydrogen-bond acceptors (Lipinski definition) is 0. The van der Waals surface area contributed by atoms with Crippen molar-refractivity contribution in [2.24, 2.45) is 10.8 Å². The van der Waals surface area contributed by atoms with Gasteiger partial charge in [0.2, 0.25) is 0 Å². The fourth-order valence-corrected chi connectivity index (χ4v) is 18.1. The Morgan fingerprint density at radius 1 is 0.200 bits per heavy atom. The quantitative estimate of drug-likeness (QED) is 0.0936. The van der Waals surface area contributed by atoms with Crippen LogP contribution in [0.4, 0.5) is 0 Å². The van der Waals surface area contributed by atoms with E-state index in [-0.39, 0.29) is 10.8 Å². The lowest BCUT2D eigenvalue weighted by atomic mass is 9.72. The molecule has 0 saturated carbocycles. The molecule has 434 valence electrons. The Balaban J connectivity index is 1.24. The van der Waals surface area contributed by atoms with Gasteiger partial charge in [-0.1, -0.05) is 94.5 Å². The summed E-state index contributed by atoms with van der Waals surface area (Å²) >= 11 is 0. The predicted octanol–water partition coefficient (Wildman–Crippen LogP) is 25.3. The molecule has 0 aliphatic carbocycles. The fraction of sp³-hybridized carbons (Fsp3) is 0.222. The van der Waals surface area contributed by atoms with E-state index in [9.17, 15) is 0 Å². The summed E-state index contributed by atoms with van der Waals surface area (Å²) in [5.74, 6) is 15.1. The average molecular weight is 1160 g/mol. The molecule has 0 aliphatic rings. The molecular formula is C90H74. The SMILES string of the molecule is Cc1cc(C)c(-c2cc3c4cc(C#CC(C)(C)C)cc5c6cc(C#CC(C)(C)C)cc7c8cc(-c9c(C)cc(C)cc9C)cc9c%10cc(-c%11c(C)cc(C)cc%11C)cc%11c%12cc(-c%13c(C)cc(C)cc%13C)cc%13c(c2)c3c2c(c54)c(c67)c(c89)c(c%10%11)c2c%13%12)c(C)c1. The highest BCUT2D eigenvalue weighted by Gasteiger charge is 2.34. The zero-order chi connectivity index (χ0) is 62.5. The Morgan fingerprint density at radius 2 is 0.356 bits per heavy atom. The van der Waals surface area contributed by atoms with Gasteiger partial charge in [-0.2, -0.15) is 0 Å². The standard InChI is InChI=1S/C90H74/c1-43-23-47(5)73(48(6)24-43)57-35-65-63-33-55(19-21-89(13,14)15)31-61-62-32-56(20-22-90(16,17)18)34-64-66-36-58(74-49(7)25-44(2)26-50(74)8)38-68-70-40-60(76-53(11)29-46(4)30-54(76)12)42-72-71-41-59(75-51(9)27-45(3)28-52(75)10)39-69-67(37-57)79(65)85-83(77(61)63)84(78(62)64)86(80(66)68)88(82(70)72)87(85)81(69)71/h23-42H,1-18H3. The topological polar surface area (TPSA) is 0 Å². The first-order valence-corrected chi connectivity index (χ1v) is 32.5. The molecule has 0 unspecified atom stereocenters. The van der Waals surface area contributed by atoms with Crippen molar-refractivity contribution < 1.29 is 0 Å². The first-order chi connectivity index (χ1) is 42.8. The van der Waals surface area contributed by atoms with E-state index < -0.39 is 0 Å². The Hall–Kier alpha value is -9.46. The fourth-order valence-electron chi connectivity index (χ4n) is 18.1. The normalized spacial score (nSPS) is 12.8. The molecule has 0 bridgehead atoms. The largest absolute Gasteiger partial charge is 0.0920 e. The minimum absolute atomic E-state index is 0.204. The van der Waals surface area contributed by atoms with Gasteiger partial charge in [0, 0.05) is 22.0 Å². The summed E-state index contributed by atoms with van der Waals surface area (Å²) in [4.78, 5) is 0. The third-order valence-corrected chi connectivity index (χ3v) is 20.6. The van der Waals surface area contributed by atoms with Gasteiger partial charge in [-0.3, -0.25) is 0 Å². The molecule has 0 nitrogen and oxygen atoms in total. The van der Waals surface area contributed by atoms with Crippen LogP contribution in [0, 0.1) is 118 Å². The second kappa shape index (κ2) is 18.1. The monoisotopic (exact) mass is 1150 g/mol. The molecule has 0 heteroatoms. The highest BCUT2D eigenvalue weighted by atomic mass is 14.4. The van der Waals surface area contributed by atoms with Crippen LogP contribution < -0.4 is 0 Å². The van der Waals surface area contributed by atoms with E-state index in [1.165, 1.54) is 241 Å². The minimum atomic E-state index is -0.204. The van der Waals surface area contributed by atoms with Crippen LogP contribution in [0.5, 0.6) is 0 Å². The van der Waals surface area contributed by atoms with E-state index in [0.717, 1.165) is 11.1 Å². The second-order valence-corrected chi connectivity index (χ2v) is 30.0. The summed E-state index contributed by atoms with van der Waals surface area (Å²) in [5.41, 5.74) is 27.5. The molecule has 0 fully saturated rings. The molecule has 0 amide bonds. The maximum Gasteiger partial charge on any atom is 0.0258 e. The van der Waals surface area contributed by atoms with Gasteiger partial charge in [0.05, 0.1) is 0 Å². The van der Waals surface area contributed by atoms with Crippen LogP contribution in [-0.2, 0) is 0 Å². The Labute approximate surface area is 528 Å². The third kappa shape index (κ3) is 7.52. The van der Waals surface area contributed by atoms with Gasteiger partial charge < -0.3 is 0 Å². The van der Waals surface area contributed by atoms with E-state index in [1.54, 1.807) is 0 Å². The molecule has 17 aromatic carbocycles. The minimum Gasteiger partial charge on any atom is -0.0920 e. The van der Waals surface area contributed by atoms with E-state index in [1.807, 2.05) is 0 Å².